The lowest BCUT2D eigenvalue weighted by atomic mass is 10.2. The molecule has 1 amide bonds. The molecule has 0 atom stereocenters. The van der Waals surface area contributed by atoms with E-state index < -0.39 is 5.91 Å². The van der Waals surface area contributed by atoms with Crippen molar-refractivity contribution in [3.05, 3.63) is 65.5 Å². The van der Waals surface area contributed by atoms with Gasteiger partial charge in [-0.2, -0.15) is 5.21 Å². The lowest BCUT2D eigenvalue weighted by Gasteiger charge is -2.01. The largest absolute Gasteiger partial charge is 0.286 e. The number of carbonyl (C=O) groups is 1. The van der Waals surface area contributed by atoms with Crippen LogP contribution < -0.4 is 5.32 Å². The van der Waals surface area contributed by atoms with Gasteiger partial charge in [-0.3, -0.25) is 10.1 Å². The first-order chi connectivity index (χ1) is 10.8. The van der Waals surface area contributed by atoms with E-state index in [2.05, 4.69) is 30.9 Å². The van der Waals surface area contributed by atoms with E-state index in [1.165, 1.54) is 0 Å². The maximum absolute atomic E-state index is 12.0. The number of H-pyrrole nitrogens is 1. The van der Waals surface area contributed by atoms with E-state index in [1.807, 2.05) is 48.6 Å². The molecule has 2 heterocycles. The van der Waals surface area contributed by atoms with E-state index in [-0.39, 0.29) is 11.6 Å². The molecule has 7 heteroatoms. The molecule has 1 aromatic carbocycles. The molecule has 0 aliphatic rings. The first-order valence-electron chi connectivity index (χ1n) is 6.56. The topological polar surface area (TPSA) is 96.5 Å². The summed E-state index contributed by atoms with van der Waals surface area (Å²) in [7, 11) is 0. The highest BCUT2D eigenvalue weighted by atomic mass is 16.2. The van der Waals surface area contributed by atoms with Crippen molar-refractivity contribution < 1.29 is 4.79 Å². The predicted octanol–water partition coefficient (Wildman–Crippen LogP) is 2.02. The van der Waals surface area contributed by atoms with Crippen LogP contribution in [0.5, 0.6) is 0 Å². The number of carbonyl (C=O) groups excluding carboxylic acids is 1. The molecular formula is C15H12N6O. The number of amides is 1. The minimum Gasteiger partial charge on any atom is -0.286 e. The SMILES string of the molecule is O=C(Nc1nn[nH]n1)c1cccc(C=Cc2ccccc2)n1. The Morgan fingerprint density at radius 2 is 1.91 bits per heavy atom. The third kappa shape index (κ3) is 3.40. The molecule has 7 nitrogen and oxygen atoms in total. The van der Waals surface area contributed by atoms with Gasteiger partial charge in [0, 0.05) is 0 Å². The number of tetrazole rings is 1. The van der Waals surface area contributed by atoms with Crippen LogP contribution in [0.2, 0.25) is 0 Å². The Labute approximate surface area is 126 Å². The Morgan fingerprint density at radius 1 is 1.05 bits per heavy atom. The van der Waals surface area contributed by atoms with Gasteiger partial charge in [0.25, 0.3) is 11.9 Å². The Morgan fingerprint density at radius 3 is 2.68 bits per heavy atom. The normalized spacial score (nSPS) is 10.7. The zero-order chi connectivity index (χ0) is 15.2. The van der Waals surface area contributed by atoms with E-state index in [0.29, 0.717) is 5.69 Å². The van der Waals surface area contributed by atoms with Crippen molar-refractivity contribution in [2.24, 2.45) is 0 Å². The van der Waals surface area contributed by atoms with E-state index in [0.717, 1.165) is 5.56 Å². The average molecular weight is 292 g/mol. The van der Waals surface area contributed by atoms with Crippen molar-refractivity contribution in [3.8, 4) is 0 Å². The van der Waals surface area contributed by atoms with Gasteiger partial charge in [-0.05, 0) is 29.0 Å². The molecule has 0 aliphatic heterocycles. The summed E-state index contributed by atoms with van der Waals surface area (Å²) in [6, 6.07) is 15.1. The monoisotopic (exact) mass is 292 g/mol. The molecule has 0 bridgehead atoms. The van der Waals surface area contributed by atoms with E-state index in [9.17, 15) is 4.79 Å². The van der Waals surface area contributed by atoms with Crippen molar-refractivity contribution in [2.45, 2.75) is 0 Å². The second kappa shape index (κ2) is 6.40. The van der Waals surface area contributed by atoms with Crippen molar-refractivity contribution in [1.82, 2.24) is 25.6 Å². The first-order valence-corrected chi connectivity index (χ1v) is 6.56. The second-order valence-corrected chi connectivity index (χ2v) is 4.38. The van der Waals surface area contributed by atoms with E-state index in [1.54, 1.807) is 12.1 Å². The maximum Gasteiger partial charge on any atom is 0.276 e. The molecule has 0 radical (unpaired) electrons. The Balaban J connectivity index is 1.75. The lowest BCUT2D eigenvalue weighted by Crippen LogP contribution is -2.15. The predicted molar refractivity (Wildman–Crippen MR) is 81.7 cm³/mol. The van der Waals surface area contributed by atoms with Gasteiger partial charge < -0.3 is 0 Å². The van der Waals surface area contributed by atoms with E-state index in [4.69, 9.17) is 0 Å². The van der Waals surface area contributed by atoms with Crippen molar-refractivity contribution in [3.63, 3.8) is 0 Å². The number of nitrogens with one attached hydrogen (secondary N) is 2. The minimum atomic E-state index is -0.392. The van der Waals surface area contributed by atoms with E-state index >= 15 is 0 Å². The average Bonchev–Trinajstić information content (AvgIpc) is 3.07. The Bertz CT molecular complexity index is 783. The van der Waals surface area contributed by atoms with Gasteiger partial charge in [-0.25, -0.2) is 4.98 Å². The zero-order valence-corrected chi connectivity index (χ0v) is 11.5. The number of hydrogen-bond acceptors (Lipinski definition) is 5. The number of aromatic nitrogens is 5. The van der Waals surface area contributed by atoms with Crippen molar-refractivity contribution in [1.29, 1.82) is 0 Å². The molecule has 22 heavy (non-hydrogen) atoms. The fourth-order valence-corrected chi connectivity index (χ4v) is 1.80. The van der Waals surface area contributed by atoms with Crippen LogP contribution in [0.4, 0.5) is 5.95 Å². The molecule has 3 rings (SSSR count). The quantitative estimate of drug-likeness (QED) is 0.766. The Hall–Kier alpha value is -3.35. The highest BCUT2D eigenvalue weighted by molar-refractivity contribution is 6.01. The molecule has 0 saturated heterocycles. The van der Waals surface area contributed by atoms with Gasteiger partial charge in [-0.1, -0.05) is 47.6 Å². The number of rotatable bonds is 4. The van der Waals surface area contributed by atoms with Crippen molar-refractivity contribution >= 4 is 24.0 Å². The van der Waals surface area contributed by atoms with Crippen molar-refractivity contribution in [2.75, 3.05) is 5.32 Å². The summed E-state index contributed by atoms with van der Waals surface area (Å²) in [5.74, 6) is -0.284. The number of nitrogens with zero attached hydrogens (tertiary/aromatic N) is 4. The second-order valence-electron chi connectivity index (χ2n) is 4.38. The number of pyridine rings is 1. The molecule has 0 spiro atoms. The standard InChI is InChI=1S/C15H12N6O/c22-14(17-15-18-20-21-19-15)13-8-4-7-12(16-13)10-9-11-5-2-1-3-6-11/h1-10H,(H2,17,18,19,20,21,22). The summed E-state index contributed by atoms with van der Waals surface area (Å²) in [5, 5.41) is 15.4. The van der Waals surface area contributed by atoms with Crippen LogP contribution in [-0.4, -0.2) is 31.5 Å². The summed E-state index contributed by atoms with van der Waals surface area (Å²) >= 11 is 0. The summed E-state index contributed by atoms with van der Waals surface area (Å²) in [6.07, 6.45) is 3.78. The van der Waals surface area contributed by atoms with Crippen LogP contribution in [-0.2, 0) is 0 Å². The molecule has 0 fully saturated rings. The number of anilines is 1. The molecule has 2 aromatic heterocycles. The van der Waals surface area contributed by atoms with Gasteiger partial charge in [0.2, 0.25) is 0 Å². The number of aromatic amines is 1. The number of hydrogen-bond donors (Lipinski definition) is 2. The summed E-state index contributed by atoms with van der Waals surface area (Å²) < 4.78 is 0. The fraction of sp³-hybridized carbons (Fsp3) is 0. The zero-order valence-electron chi connectivity index (χ0n) is 11.5. The summed E-state index contributed by atoms with van der Waals surface area (Å²) in [4.78, 5) is 16.3. The summed E-state index contributed by atoms with van der Waals surface area (Å²) in [5.41, 5.74) is 2.02. The molecule has 2 N–H and O–H groups in total. The molecule has 0 aliphatic carbocycles. The van der Waals surface area contributed by atoms with Gasteiger partial charge in [0.1, 0.15) is 5.69 Å². The summed E-state index contributed by atoms with van der Waals surface area (Å²) in [6.45, 7) is 0. The van der Waals surface area contributed by atoms with Crippen LogP contribution in [0.1, 0.15) is 21.7 Å². The highest BCUT2D eigenvalue weighted by Gasteiger charge is 2.09. The smallest absolute Gasteiger partial charge is 0.276 e. The Kier molecular flexibility index (Phi) is 3.96. The van der Waals surface area contributed by atoms with Crippen LogP contribution in [0, 0.1) is 0 Å². The lowest BCUT2D eigenvalue weighted by molar-refractivity contribution is 0.102. The minimum absolute atomic E-state index is 0.108. The highest BCUT2D eigenvalue weighted by Crippen LogP contribution is 2.08. The molecular weight excluding hydrogens is 280 g/mol. The maximum atomic E-state index is 12.0. The van der Waals surface area contributed by atoms with Crippen LogP contribution >= 0.6 is 0 Å². The van der Waals surface area contributed by atoms with Crippen LogP contribution in [0.15, 0.2) is 48.5 Å². The number of benzene rings is 1. The molecule has 0 unspecified atom stereocenters. The van der Waals surface area contributed by atoms with Gasteiger partial charge in [-0.15, -0.1) is 5.10 Å². The first kappa shape index (κ1) is 13.6. The van der Waals surface area contributed by atoms with Gasteiger partial charge in [0.15, 0.2) is 0 Å². The third-order valence-corrected chi connectivity index (χ3v) is 2.82. The fourth-order valence-electron chi connectivity index (χ4n) is 1.80. The van der Waals surface area contributed by atoms with Crippen LogP contribution in [0.3, 0.4) is 0 Å². The van der Waals surface area contributed by atoms with Crippen LogP contribution in [0.25, 0.3) is 12.2 Å². The molecule has 108 valence electrons. The molecule has 0 saturated carbocycles. The third-order valence-electron chi connectivity index (χ3n) is 2.82. The van der Waals surface area contributed by atoms with Gasteiger partial charge in [0.05, 0.1) is 5.69 Å². The molecule has 3 aromatic rings. The van der Waals surface area contributed by atoms with Gasteiger partial charge >= 0.3 is 0 Å².